The Kier molecular flexibility index (Phi) is 3.40. The molecule has 1 aromatic heterocycles. The molecule has 3 rings (SSSR count). The largest absolute Gasteiger partial charge is 0.423 e. The fraction of sp³-hybridized carbons (Fsp3) is 0.111. The summed E-state index contributed by atoms with van der Waals surface area (Å²) in [4.78, 5) is 16.9. The van der Waals surface area contributed by atoms with Gasteiger partial charge in [0.05, 0.1) is 11.1 Å². The average Bonchev–Trinajstić information content (AvgIpc) is 2.46. The Bertz CT molecular complexity index is 824. The molecule has 0 aliphatic heterocycles. The van der Waals surface area contributed by atoms with Crippen molar-refractivity contribution in [3.63, 3.8) is 0 Å². The molecule has 104 valence electrons. The summed E-state index contributed by atoms with van der Waals surface area (Å²) in [5, 5.41) is 0.806. The van der Waals surface area contributed by atoms with Gasteiger partial charge in [0.1, 0.15) is 5.75 Å². The monoisotopic (exact) mass is 277 g/mol. The Hall–Kier alpha value is -2.68. The number of hydrogen-bond donors (Lipinski definition) is 0. The van der Waals surface area contributed by atoms with Gasteiger partial charge in [0.15, 0.2) is 0 Å². The fourth-order valence-corrected chi connectivity index (χ4v) is 2.32. The van der Waals surface area contributed by atoms with Crippen LogP contribution in [-0.2, 0) is 0 Å². The number of pyridine rings is 1. The van der Waals surface area contributed by atoms with Crippen LogP contribution in [0.4, 0.5) is 0 Å². The summed E-state index contributed by atoms with van der Waals surface area (Å²) in [5.74, 6) is 0.195. The van der Waals surface area contributed by atoms with Crippen molar-refractivity contribution in [3.8, 4) is 5.75 Å². The third kappa shape index (κ3) is 2.77. The van der Waals surface area contributed by atoms with E-state index in [0.29, 0.717) is 11.3 Å². The number of ether oxygens (including phenoxy) is 1. The molecule has 3 aromatic rings. The van der Waals surface area contributed by atoms with Crippen molar-refractivity contribution in [1.82, 2.24) is 4.98 Å². The molecule has 0 saturated heterocycles. The van der Waals surface area contributed by atoms with Gasteiger partial charge in [-0.3, -0.25) is 4.98 Å². The average molecular weight is 277 g/mol. The first-order chi connectivity index (χ1) is 10.1. The van der Waals surface area contributed by atoms with E-state index in [2.05, 4.69) is 4.98 Å². The van der Waals surface area contributed by atoms with Crippen LogP contribution in [0.3, 0.4) is 0 Å². The van der Waals surface area contributed by atoms with Gasteiger partial charge in [-0.15, -0.1) is 0 Å². The van der Waals surface area contributed by atoms with Crippen LogP contribution in [0.15, 0.2) is 54.6 Å². The van der Waals surface area contributed by atoms with E-state index in [1.807, 2.05) is 56.3 Å². The molecule has 2 aromatic carbocycles. The third-order valence-electron chi connectivity index (χ3n) is 3.26. The van der Waals surface area contributed by atoms with Crippen LogP contribution in [0.25, 0.3) is 10.9 Å². The molecule has 0 aliphatic carbocycles. The molecule has 0 atom stereocenters. The van der Waals surface area contributed by atoms with Crippen LogP contribution in [0, 0.1) is 13.8 Å². The lowest BCUT2D eigenvalue weighted by molar-refractivity contribution is 0.0736. The Balaban J connectivity index is 2.02. The van der Waals surface area contributed by atoms with E-state index in [0.717, 1.165) is 22.2 Å². The van der Waals surface area contributed by atoms with Crippen molar-refractivity contribution in [2.45, 2.75) is 13.8 Å². The zero-order valence-corrected chi connectivity index (χ0v) is 12.0. The minimum absolute atomic E-state index is 0.359. The van der Waals surface area contributed by atoms with Crippen molar-refractivity contribution in [3.05, 3.63) is 71.4 Å². The number of hydrogen-bond acceptors (Lipinski definition) is 3. The quantitative estimate of drug-likeness (QED) is 0.523. The molecule has 0 aliphatic rings. The molecule has 0 spiro atoms. The van der Waals surface area contributed by atoms with E-state index in [1.165, 1.54) is 0 Å². The number of carbonyl (C=O) groups is 1. The molecular weight excluding hydrogens is 262 g/mol. The second-order valence-electron chi connectivity index (χ2n) is 5.03. The number of para-hydroxylation sites is 1. The summed E-state index contributed by atoms with van der Waals surface area (Å²) in [5.41, 5.74) is 3.19. The van der Waals surface area contributed by atoms with Crippen LogP contribution in [0.1, 0.15) is 21.6 Å². The summed E-state index contributed by atoms with van der Waals surface area (Å²) in [7, 11) is 0. The first kappa shape index (κ1) is 13.3. The number of fused-ring (bicyclic) bond motifs is 1. The maximum absolute atomic E-state index is 12.4. The predicted molar refractivity (Wildman–Crippen MR) is 82.6 cm³/mol. The van der Waals surface area contributed by atoms with Gasteiger partial charge < -0.3 is 4.74 Å². The van der Waals surface area contributed by atoms with Gasteiger partial charge in [0.25, 0.3) is 0 Å². The number of benzene rings is 2. The number of esters is 1. The highest BCUT2D eigenvalue weighted by Crippen LogP contribution is 2.21. The standard InChI is InChI=1S/C18H15NO2/c1-12-6-5-7-14(10-12)21-18(20)16-11-13(2)19-17-9-4-3-8-15(16)17/h3-11H,1-2H3. The lowest BCUT2D eigenvalue weighted by atomic mass is 10.1. The van der Waals surface area contributed by atoms with Crippen molar-refractivity contribution in [1.29, 1.82) is 0 Å². The molecule has 0 unspecified atom stereocenters. The molecule has 21 heavy (non-hydrogen) atoms. The number of nitrogens with zero attached hydrogens (tertiary/aromatic N) is 1. The molecule has 0 radical (unpaired) electrons. The third-order valence-corrected chi connectivity index (χ3v) is 3.26. The summed E-state index contributed by atoms with van der Waals surface area (Å²) < 4.78 is 5.48. The van der Waals surface area contributed by atoms with E-state index < -0.39 is 0 Å². The van der Waals surface area contributed by atoms with Gasteiger partial charge in [-0.25, -0.2) is 4.79 Å². The number of aryl methyl sites for hydroxylation is 2. The number of carbonyl (C=O) groups excluding carboxylic acids is 1. The Labute approximate surface area is 123 Å². The second-order valence-corrected chi connectivity index (χ2v) is 5.03. The molecule has 0 amide bonds. The first-order valence-corrected chi connectivity index (χ1v) is 6.79. The van der Waals surface area contributed by atoms with Crippen LogP contribution < -0.4 is 4.74 Å². The topological polar surface area (TPSA) is 39.2 Å². The highest BCUT2D eigenvalue weighted by atomic mass is 16.5. The minimum atomic E-state index is -0.359. The van der Waals surface area contributed by atoms with Crippen molar-refractivity contribution in [2.24, 2.45) is 0 Å². The van der Waals surface area contributed by atoms with Gasteiger partial charge in [0, 0.05) is 11.1 Å². The van der Waals surface area contributed by atoms with E-state index in [9.17, 15) is 4.79 Å². The smallest absolute Gasteiger partial charge is 0.344 e. The zero-order valence-electron chi connectivity index (χ0n) is 12.0. The van der Waals surface area contributed by atoms with Crippen LogP contribution >= 0.6 is 0 Å². The van der Waals surface area contributed by atoms with Crippen molar-refractivity contribution in [2.75, 3.05) is 0 Å². The maximum Gasteiger partial charge on any atom is 0.344 e. The highest BCUT2D eigenvalue weighted by molar-refractivity contribution is 6.04. The van der Waals surface area contributed by atoms with Gasteiger partial charge in [-0.1, -0.05) is 30.3 Å². The van der Waals surface area contributed by atoms with Crippen LogP contribution in [0.2, 0.25) is 0 Å². The Morgan fingerprint density at radius 2 is 1.81 bits per heavy atom. The minimum Gasteiger partial charge on any atom is -0.423 e. The Morgan fingerprint density at radius 1 is 1.00 bits per heavy atom. The molecule has 3 heteroatoms. The molecule has 0 N–H and O–H groups in total. The first-order valence-electron chi connectivity index (χ1n) is 6.79. The summed E-state index contributed by atoms with van der Waals surface area (Å²) in [6.07, 6.45) is 0. The van der Waals surface area contributed by atoms with Gasteiger partial charge >= 0.3 is 5.97 Å². The van der Waals surface area contributed by atoms with Crippen LogP contribution in [-0.4, -0.2) is 11.0 Å². The van der Waals surface area contributed by atoms with E-state index in [4.69, 9.17) is 4.74 Å². The maximum atomic E-state index is 12.4. The fourth-order valence-electron chi connectivity index (χ4n) is 2.32. The van der Waals surface area contributed by atoms with E-state index >= 15 is 0 Å². The summed E-state index contributed by atoms with van der Waals surface area (Å²) in [6, 6.07) is 16.8. The van der Waals surface area contributed by atoms with Crippen molar-refractivity contribution < 1.29 is 9.53 Å². The molecule has 0 saturated carbocycles. The number of rotatable bonds is 2. The predicted octanol–water partition coefficient (Wildman–Crippen LogP) is 4.07. The van der Waals surface area contributed by atoms with Gasteiger partial charge in [0.2, 0.25) is 0 Å². The second kappa shape index (κ2) is 5.37. The lowest BCUT2D eigenvalue weighted by Crippen LogP contribution is -2.10. The van der Waals surface area contributed by atoms with Crippen LogP contribution in [0.5, 0.6) is 5.75 Å². The normalized spacial score (nSPS) is 10.6. The molecule has 1 heterocycles. The SMILES string of the molecule is Cc1cccc(OC(=O)c2cc(C)nc3ccccc23)c1. The number of aromatic nitrogens is 1. The van der Waals surface area contributed by atoms with E-state index in [-0.39, 0.29) is 5.97 Å². The molecule has 0 bridgehead atoms. The van der Waals surface area contributed by atoms with E-state index in [1.54, 1.807) is 12.1 Å². The molecule has 3 nitrogen and oxygen atoms in total. The van der Waals surface area contributed by atoms with Gasteiger partial charge in [-0.05, 0) is 43.7 Å². The Morgan fingerprint density at radius 3 is 2.62 bits per heavy atom. The van der Waals surface area contributed by atoms with Gasteiger partial charge in [-0.2, -0.15) is 0 Å². The highest BCUT2D eigenvalue weighted by Gasteiger charge is 2.14. The van der Waals surface area contributed by atoms with Crippen molar-refractivity contribution >= 4 is 16.9 Å². The molecule has 0 fully saturated rings. The summed E-state index contributed by atoms with van der Waals surface area (Å²) >= 11 is 0. The lowest BCUT2D eigenvalue weighted by Gasteiger charge is -2.08. The molecular formula is C18H15NO2. The summed E-state index contributed by atoms with van der Waals surface area (Å²) in [6.45, 7) is 3.83. The zero-order chi connectivity index (χ0) is 14.8.